The minimum Gasteiger partial charge on any atom is -0.396 e. The fraction of sp³-hybridized carbons (Fsp3) is 0.600. The zero-order valence-electron chi connectivity index (χ0n) is 26.1. The molecule has 244 valence electrons. The van der Waals surface area contributed by atoms with Crippen LogP contribution in [0.15, 0.2) is 60.7 Å². The first-order valence-corrected chi connectivity index (χ1v) is 24.0. The van der Waals surface area contributed by atoms with Gasteiger partial charge in [0, 0.05) is 26.4 Å². The van der Waals surface area contributed by atoms with Crippen molar-refractivity contribution < 1.29 is 17.7 Å². The van der Waals surface area contributed by atoms with Crippen LogP contribution in [0.1, 0.15) is 38.5 Å². The minimum atomic E-state index is -3.30. The van der Waals surface area contributed by atoms with Crippen LogP contribution in [-0.4, -0.2) is 89.0 Å². The summed E-state index contributed by atoms with van der Waals surface area (Å²) in [4.78, 5) is 0. The van der Waals surface area contributed by atoms with E-state index >= 15 is 0 Å². The molecule has 0 heterocycles. The molecule has 0 aromatic heterocycles. The maximum atomic E-state index is 7.29. The van der Waals surface area contributed by atoms with Crippen LogP contribution in [0.5, 0.6) is 0 Å². The maximum absolute atomic E-state index is 7.29. The van der Waals surface area contributed by atoms with Crippen LogP contribution in [0.2, 0.25) is 12.1 Å². The Hall–Kier alpha value is -1.31. The summed E-state index contributed by atoms with van der Waals surface area (Å²) in [6.07, 6.45) is 4.35. The fourth-order valence-electron chi connectivity index (χ4n) is 5.84. The Bertz CT molecular complexity index is 870. The van der Waals surface area contributed by atoms with E-state index in [0.717, 1.165) is 12.8 Å². The monoisotopic (exact) mass is 650 g/mol. The standard InChI is InChI=1S/C30H58N6O4Si3/c31-17-7-23-37-41(27-11-21-35,38-24-8-18-32)43(29-13-3-1-4-14-29,30-15-5-2-6-16-30)42(28-12-22-36,39-25-9-19-33)40-26-10-20-34/h1-6,13-16H,7-12,17-28,31-36H2. The molecule has 0 saturated carbocycles. The lowest BCUT2D eigenvalue weighted by atomic mass is 10.4. The van der Waals surface area contributed by atoms with Gasteiger partial charge in [0.15, 0.2) is 0 Å². The Kier molecular flexibility index (Phi) is 18.9. The molecule has 0 amide bonds. The van der Waals surface area contributed by atoms with Gasteiger partial charge in [-0.2, -0.15) is 0 Å². The van der Waals surface area contributed by atoms with Gasteiger partial charge < -0.3 is 52.1 Å². The number of hydrogen-bond donors (Lipinski definition) is 6. The summed E-state index contributed by atoms with van der Waals surface area (Å²) in [7, 11) is -9.87. The number of hydrogen-bond acceptors (Lipinski definition) is 10. The van der Waals surface area contributed by atoms with Crippen LogP contribution in [0.4, 0.5) is 0 Å². The van der Waals surface area contributed by atoms with Gasteiger partial charge in [-0.15, -0.1) is 0 Å². The largest absolute Gasteiger partial charge is 0.396 e. The first-order valence-electron chi connectivity index (χ1n) is 15.9. The van der Waals surface area contributed by atoms with Gasteiger partial charge in [-0.1, -0.05) is 60.7 Å². The summed E-state index contributed by atoms with van der Waals surface area (Å²) in [6, 6.07) is 22.8. The van der Waals surface area contributed by atoms with E-state index in [4.69, 9.17) is 52.1 Å². The number of nitrogens with two attached hydrogens (primary N) is 6. The molecule has 10 nitrogen and oxygen atoms in total. The second kappa shape index (κ2) is 21.4. The quantitative estimate of drug-likeness (QED) is 0.0615. The average molecular weight is 651 g/mol. The third-order valence-corrected chi connectivity index (χ3v) is 37.5. The van der Waals surface area contributed by atoms with Gasteiger partial charge in [0.05, 0.1) is 0 Å². The second-order valence-corrected chi connectivity index (χ2v) is 29.1. The molecule has 0 aliphatic carbocycles. The van der Waals surface area contributed by atoms with Crippen molar-refractivity contribution in [2.24, 2.45) is 34.4 Å². The van der Waals surface area contributed by atoms with E-state index in [1.165, 1.54) is 10.4 Å². The lowest BCUT2D eigenvalue weighted by molar-refractivity contribution is 0.171. The van der Waals surface area contributed by atoms with Crippen molar-refractivity contribution >= 4 is 33.6 Å². The van der Waals surface area contributed by atoms with Crippen molar-refractivity contribution in [2.75, 3.05) is 65.7 Å². The van der Waals surface area contributed by atoms with E-state index in [1.54, 1.807) is 0 Å². The van der Waals surface area contributed by atoms with Gasteiger partial charge in [-0.05, 0) is 100 Å². The molecule has 13 heteroatoms. The van der Waals surface area contributed by atoms with Crippen molar-refractivity contribution in [3.8, 4) is 0 Å². The lowest BCUT2D eigenvalue weighted by Gasteiger charge is -2.54. The normalized spacial score (nSPS) is 12.6. The molecule has 0 bridgehead atoms. The molecule has 0 fully saturated rings. The van der Waals surface area contributed by atoms with E-state index in [2.05, 4.69) is 60.7 Å². The second-order valence-electron chi connectivity index (χ2n) is 10.7. The first-order chi connectivity index (χ1) is 21.1. The molecule has 2 rings (SSSR count). The summed E-state index contributed by atoms with van der Waals surface area (Å²) in [6.45, 7) is 5.04. The summed E-state index contributed by atoms with van der Waals surface area (Å²) >= 11 is 0. The fourth-order valence-corrected chi connectivity index (χ4v) is 41.7. The van der Waals surface area contributed by atoms with Gasteiger partial charge in [0.1, 0.15) is 0 Å². The first kappa shape index (κ1) is 37.9. The predicted molar refractivity (Wildman–Crippen MR) is 185 cm³/mol. The zero-order chi connectivity index (χ0) is 31.3. The van der Waals surface area contributed by atoms with Crippen molar-refractivity contribution in [1.82, 2.24) is 0 Å². The SMILES string of the molecule is NCCCO[Si](CCCN)(OCCCN)[Si](c1ccccc1)(c1ccccc1)[Si](CCCN)(OCCCN)OCCCN. The molecule has 2 aromatic carbocycles. The van der Waals surface area contributed by atoms with Crippen LogP contribution >= 0.6 is 0 Å². The average Bonchev–Trinajstić information content (AvgIpc) is 3.04. The predicted octanol–water partition coefficient (Wildman–Crippen LogP) is 0.450. The van der Waals surface area contributed by atoms with E-state index < -0.39 is 23.3 Å². The minimum absolute atomic E-state index is 0.483. The van der Waals surface area contributed by atoms with E-state index in [9.17, 15) is 0 Å². The summed E-state index contributed by atoms with van der Waals surface area (Å²) in [5.74, 6) is 0. The van der Waals surface area contributed by atoms with Gasteiger partial charge in [0.2, 0.25) is 7.11 Å². The van der Waals surface area contributed by atoms with Crippen LogP contribution in [0.3, 0.4) is 0 Å². The highest BCUT2D eigenvalue weighted by Crippen LogP contribution is 2.39. The number of benzene rings is 2. The van der Waals surface area contributed by atoms with Crippen molar-refractivity contribution in [2.45, 2.75) is 50.6 Å². The molecule has 0 saturated heterocycles. The van der Waals surface area contributed by atoms with E-state index in [0.29, 0.717) is 103 Å². The van der Waals surface area contributed by atoms with Gasteiger partial charge in [-0.3, -0.25) is 0 Å². The highest BCUT2D eigenvalue weighted by molar-refractivity contribution is 7.73. The molecule has 0 aliphatic rings. The molecule has 12 N–H and O–H groups in total. The molecular formula is C30H58N6O4Si3. The van der Waals surface area contributed by atoms with Gasteiger partial charge in [0.25, 0.3) is 0 Å². The summed E-state index contributed by atoms with van der Waals surface area (Å²) in [5.41, 5.74) is 36.5. The smallest absolute Gasteiger partial charge is 0.330 e. The highest BCUT2D eigenvalue weighted by Gasteiger charge is 2.75. The molecule has 43 heavy (non-hydrogen) atoms. The van der Waals surface area contributed by atoms with Gasteiger partial charge >= 0.3 is 16.2 Å². The Morgan fingerprint density at radius 1 is 0.395 bits per heavy atom. The maximum Gasteiger partial charge on any atom is 0.330 e. The van der Waals surface area contributed by atoms with Crippen LogP contribution in [0, 0.1) is 0 Å². The van der Waals surface area contributed by atoms with Crippen LogP contribution in [0.25, 0.3) is 0 Å². The van der Waals surface area contributed by atoms with E-state index in [-0.39, 0.29) is 0 Å². The highest BCUT2D eigenvalue weighted by atomic mass is 29.7. The van der Waals surface area contributed by atoms with Crippen molar-refractivity contribution in [1.29, 1.82) is 0 Å². The van der Waals surface area contributed by atoms with Crippen molar-refractivity contribution in [3.63, 3.8) is 0 Å². The van der Waals surface area contributed by atoms with E-state index in [1.807, 2.05) is 0 Å². The summed E-state index contributed by atoms with van der Waals surface area (Å²) in [5, 5.41) is 2.38. The molecule has 2 aromatic rings. The molecule has 0 atom stereocenters. The third-order valence-electron chi connectivity index (χ3n) is 7.71. The Labute approximate surface area is 262 Å². The number of rotatable bonds is 26. The Morgan fingerprint density at radius 2 is 0.674 bits per heavy atom. The molecule has 0 radical (unpaired) electrons. The van der Waals surface area contributed by atoms with Gasteiger partial charge in [-0.25, -0.2) is 0 Å². The summed E-state index contributed by atoms with van der Waals surface area (Å²) < 4.78 is 29.2. The molecule has 0 aliphatic heterocycles. The van der Waals surface area contributed by atoms with Crippen LogP contribution in [-0.2, 0) is 17.7 Å². The molecule has 0 spiro atoms. The zero-order valence-corrected chi connectivity index (χ0v) is 29.1. The lowest BCUT2D eigenvalue weighted by Crippen LogP contribution is -2.92. The Morgan fingerprint density at radius 3 is 0.930 bits per heavy atom. The van der Waals surface area contributed by atoms with Crippen molar-refractivity contribution in [3.05, 3.63) is 60.7 Å². The molecular weight excluding hydrogens is 593 g/mol. The molecule has 0 unspecified atom stereocenters. The van der Waals surface area contributed by atoms with Crippen LogP contribution < -0.4 is 44.8 Å². The topological polar surface area (TPSA) is 193 Å². The third kappa shape index (κ3) is 9.84. The Balaban J connectivity index is 3.16.